The molecular formula is C10H8N2O3. The number of nitrogens with zero attached hydrogens (tertiary/aromatic N) is 1. The standard InChI is InChI=1S/C10H8N2O3/c11-9-6-3-5-8(4-1-2-7-13)10(9)12(14)15/h3,5-7H,2,11H2. The summed E-state index contributed by atoms with van der Waals surface area (Å²) < 4.78 is 0. The Morgan fingerprint density at radius 2 is 2.27 bits per heavy atom. The lowest BCUT2D eigenvalue weighted by Crippen LogP contribution is -1.98. The van der Waals surface area contributed by atoms with Gasteiger partial charge in [0.25, 0.3) is 0 Å². The topological polar surface area (TPSA) is 86.2 Å². The average molecular weight is 204 g/mol. The number of carbonyl (C=O) groups excluding carboxylic acids is 1. The summed E-state index contributed by atoms with van der Waals surface area (Å²) in [5, 5.41) is 10.7. The Hall–Kier alpha value is -2.35. The zero-order valence-electron chi connectivity index (χ0n) is 7.77. The Morgan fingerprint density at radius 3 is 2.87 bits per heavy atom. The Kier molecular flexibility index (Phi) is 3.41. The van der Waals surface area contributed by atoms with Crippen molar-refractivity contribution in [2.75, 3.05) is 5.73 Å². The maximum Gasteiger partial charge on any atom is 0.307 e. The van der Waals surface area contributed by atoms with Crippen molar-refractivity contribution < 1.29 is 9.72 Å². The highest BCUT2D eigenvalue weighted by atomic mass is 16.6. The molecule has 0 atom stereocenters. The van der Waals surface area contributed by atoms with E-state index < -0.39 is 4.92 Å². The van der Waals surface area contributed by atoms with Gasteiger partial charge in [0.1, 0.15) is 17.5 Å². The number of para-hydroxylation sites is 1. The van der Waals surface area contributed by atoms with E-state index in [9.17, 15) is 14.9 Å². The van der Waals surface area contributed by atoms with Crippen LogP contribution in [0.4, 0.5) is 11.4 Å². The van der Waals surface area contributed by atoms with Crippen molar-refractivity contribution in [2.45, 2.75) is 6.42 Å². The third-order valence-electron chi connectivity index (χ3n) is 1.66. The predicted octanol–water partition coefficient (Wildman–Crippen LogP) is 1.12. The van der Waals surface area contributed by atoms with Gasteiger partial charge in [-0.25, -0.2) is 0 Å². The lowest BCUT2D eigenvalue weighted by molar-refractivity contribution is -0.384. The summed E-state index contributed by atoms with van der Waals surface area (Å²) in [6.07, 6.45) is 0.678. The maximum absolute atomic E-state index is 10.7. The molecule has 1 aromatic rings. The highest BCUT2D eigenvalue weighted by Crippen LogP contribution is 2.24. The van der Waals surface area contributed by atoms with Crippen LogP contribution in [0.3, 0.4) is 0 Å². The number of rotatable bonds is 2. The molecule has 1 aromatic carbocycles. The van der Waals surface area contributed by atoms with Gasteiger partial charge in [-0.15, -0.1) is 0 Å². The van der Waals surface area contributed by atoms with Gasteiger partial charge in [0.2, 0.25) is 0 Å². The van der Waals surface area contributed by atoms with Crippen LogP contribution >= 0.6 is 0 Å². The molecule has 5 heteroatoms. The van der Waals surface area contributed by atoms with E-state index in [4.69, 9.17) is 5.73 Å². The van der Waals surface area contributed by atoms with Gasteiger partial charge in [-0.1, -0.05) is 17.9 Å². The molecule has 76 valence electrons. The van der Waals surface area contributed by atoms with Crippen molar-refractivity contribution in [3.63, 3.8) is 0 Å². The SMILES string of the molecule is Nc1cccc(C#CCC=O)c1[N+](=O)[O-]. The van der Waals surface area contributed by atoms with Gasteiger partial charge in [-0.3, -0.25) is 10.1 Å². The summed E-state index contributed by atoms with van der Waals surface area (Å²) >= 11 is 0. The molecule has 0 amide bonds. The summed E-state index contributed by atoms with van der Waals surface area (Å²) in [6, 6.07) is 4.50. The number of nitrogen functional groups attached to an aromatic ring is 1. The van der Waals surface area contributed by atoms with Gasteiger partial charge in [-0.05, 0) is 12.1 Å². The number of carbonyl (C=O) groups is 1. The maximum atomic E-state index is 10.7. The quantitative estimate of drug-likeness (QED) is 0.257. The van der Waals surface area contributed by atoms with E-state index in [-0.39, 0.29) is 23.4 Å². The molecule has 0 aliphatic carbocycles. The smallest absolute Gasteiger partial charge is 0.307 e. The molecule has 0 unspecified atom stereocenters. The molecular weight excluding hydrogens is 196 g/mol. The van der Waals surface area contributed by atoms with Crippen molar-refractivity contribution in [3.8, 4) is 11.8 Å². The minimum Gasteiger partial charge on any atom is -0.393 e. The fourth-order valence-electron chi connectivity index (χ4n) is 1.05. The number of nitro benzene ring substituents is 1. The normalized spacial score (nSPS) is 8.80. The van der Waals surface area contributed by atoms with E-state index in [2.05, 4.69) is 11.8 Å². The van der Waals surface area contributed by atoms with Crippen LogP contribution in [0, 0.1) is 22.0 Å². The van der Waals surface area contributed by atoms with E-state index in [1.807, 2.05) is 0 Å². The summed E-state index contributed by atoms with van der Waals surface area (Å²) in [4.78, 5) is 20.1. The zero-order chi connectivity index (χ0) is 11.3. The third kappa shape index (κ3) is 2.54. The molecule has 1 rings (SSSR count). The van der Waals surface area contributed by atoms with Gasteiger partial charge < -0.3 is 10.5 Å². The summed E-state index contributed by atoms with van der Waals surface area (Å²) in [6.45, 7) is 0. The fourth-order valence-corrected chi connectivity index (χ4v) is 1.05. The first-order chi connectivity index (χ1) is 7.16. The van der Waals surface area contributed by atoms with Crippen molar-refractivity contribution >= 4 is 17.7 Å². The molecule has 5 nitrogen and oxygen atoms in total. The average Bonchev–Trinajstić information content (AvgIpc) is 2.17. The van der Waals surface area contributed by atoms with E-state index in [0.717, 1.165) is 0 Å². The number of benzene rings is 1. The van der Waals surface area contributed by atoms with Crippen LogP contribution in [0.1, 0.15) is 12.0 Å². The summed E-state index contributed by atoms with van der Waals surface area (Å²) in [7, 11) is 0. The Morgan fingerprint density at radius 1 is 1.53 bits per heavy atom. The van der Waals surface area contributed by atoms with E-state index in [0.29, 0.717) is 6.29 Å². The lowest BCUT2D eigenvalue weighted by Gasteiger charge is -1.98. The van der Waals surface area contributed by atoms with Crippen LogP contribution < -0.4 is 5.73 Å². The van der Waals surface area contributed by atoms with Gasteiger partial charge in [0, 0.05) is 0 Å². The number of anilines is 1. The van der Waals surface area contributed by atoms with Gasteiger partial charge in [-0.2, -0.15) is 0 Å². The highest BCUT2D eigenvalue weighted by molar-refractivity contribution is 5.67. The fraction of sp³-hybridized carbons (Fsp3) is 0.100. The third-order valence-corrected chi connectivity index (χ3v) is 1.66. The Bertz CT molecular complexity index is 457. The number of aldehydes is 1. The zero-order valence-corrected chi connectivity index (χ0v) is 7.77. The van der Waals surface area contributed by atoms with E-state index >= 15 is 0 Å². The first kappa shape index (κ1) is 10.7. The first-order valence-corrected chi connectivity index (χ1v) is 4.12. The number of nitrogens with two attached hydrogens (primary N) is 1. The second-order valence-electron chi connectivity index (χ2n) is 2.67. The highest BCUT2D eigenvalue weighted by Gasteiger charge is 2.15. The molecule has 0 bridgehead atoms. The van der Waals surface area contributed by atoms with Crippen molar-refractivity contribution in [1.29, 1.82) is 0 Å². The summed E-state index contributed by atoms with van der Waals surface area (Å²) in [5.41, 5.74) is 5.53. The summed E-state index contributed by atoms with van der Waals surface area (Å²) in [5.74, 6) is 5.03. The van der Waals surface area contributed by atoms with Crippen molar-refractivity contribution in [2.24, 2.45) is 0 Å². The molecule has 0 aliphatic rings. The molecule has 15 heavy (non-hydrogen) atoms. The van der Waals surface area contributed by atoms with Crippen LogP contribution in [0.15, 0.2) is 18.2 Å². The second-order valence-corrected chi connectivity index (χ2v) is 2.67. The van der Waals surface area contributed by atoms with Crippen LogP contribution in [-0.4, -0.2) is 11.2 Å². The lowest BCUT2D eigenvalue weighted by atomic mass is 10.1. The monoisotopic (exact) mass is 204 g/mol. The van der Waals surface area contributed by atoms with Crippen molar-refractivity contribution in [1.82, 2.24) is 0 Å². The molecule has 0 saturated heterocycles. The number of hydrogen-bond acceptors (Lipinski definition) is 4. The predicted molar refractivity (Wildman–Crippen MR) is 55.1 cm³/mol. The van der Waals surface area contributed by atoms with Crippen LogP contribution in [0.2, 0.25) is 0 Å². The molecule has 0 fully saturated rings. The van der Waals surface area contributed by atoms with Crippen LogP contribution in [-0.2, 0) is 4.79 Å². The molecule has 2 N–H and O–H groups in total. The van der Waals surface area contributed by atoms with E-state index in [1.54, 1.807) is 6.07 Å². The molecule has 0 radical (unpaired) electrons. The molecule has 0 aromatic heterocycles. The molecule has 0 spiro atoms. The van der Waals surface area contributed by atoms with Crippen LogP contribution in [0.5, 0.6) is 0 Å². The van der Waals surface area contributed by atoms with Gasteiger partial charge >= 0.3 is 5.69 Å². The Labute approximate surface area is 86.0 Å². The van der Waals surface area contributed by atoms with Crippen molar-refractivity contribution in [3.05, 3.63) is 33.9 Å². The van der Waals surface area contributed by atoms with Gasteiger partial charge in [0.05, 0.1) is 11.3 Å². The minimum absolute atomic E-state index is 0.0476. The second kappa shape index (κ2) is 4.77. The molecule has 0 aliphatic heterocycles. The number of nitro groups is 1. The van der Waals surface area contributed by atoms with Crippen LogP contribution in [0.25, 0.3) is 0 Å². The largest absolute Gasteiger partial charge is 0.393 e. The number of hydrogen-bond donors (Lipinski definition) is 1. The minimum atomic E-state index is -0.583. The Balaban J connectivity index is 3.19. The first-order valence-electron chi connectivity index (χ1n) is 4.12. The molecule has 0 saturated carbocycles. The van der Waals surface area contributed by atoms with Gasteiger partial charge in [0.15, 0.2) is 0 Å². The van der Waals surface area contributed by atoms with E-state index in [1.165, 1.54) is 12.1 Å². The molecule has 0 heterocycles.